The molecule has 1 fully saturated rings. The molecule has 0 bridgehead atoms. The topological polar surface area (TPSA) is 34.1 Å². The lowest BCUT2D eigenvalue weighted by Gasteiger charge is -1.84. The second-order valence-electron chi connectivity index (χ2n) is 2.51. The van der Waals surface area contributed by atoms with Gasteiger partial charge in [0.2, 0.25) is 0 Å². The van der Waals surface area contributed by atoms with Crippen LogP contribution in [0.15, 0.2) is 31.0 Å². The van der Waals surface area contributed by atoms with Crippen molar-refractivity contribution >= 4 is 6.08 Å². The Hall–Kier alpha value is -1.19. The molecule has 0 spiro atoms. The van der Waals surface area contributed by atoms with Gasteiger partial charge in [0.25, 0.3) is 0 Å². The number of hydrogen-bond acceptors (Lipinski definition) is 3. The summed E-state index contributed by atoms with van der Waals surface area (Å²) in [6, 6.07) is 5.73. The number of aromatic nitrogens is 1. The highest BCUT2D eigenvalue weighted by Crippen LogP contribution is 1.91. The van der Waals surface area contributed by atoms with E-state index >= 15 is 0 Å². The predicted octanol–water partition coefficient (Wildman–Crippen LogP) is 1.29. The zero-order chi connectivity index (χ0) is 9.36. The minimum atomic E-state index is 0.750. The van der Waals surface area contributed by atoms with Crippen molar-refractivity contribution in [1.82, 2.24) is 10.3 Å². The SMILES string of the molecule is C1COCN1.C=Cc1ccccn1. The number of nitrogens with one attached hydrogen (secondary N) is 1. The molecule has 1 saturated heterocycles. The monoisotopic (exact) mass is 178 g/mol. The van der Waals surface area contributed by atoms with Crippen molar-refractivity contribution in [3.05, 3.63) is 36.7 Å². The summed E-state index contributed by atoms with van der Waals surface area (Å²) in [5, 5.41) is 3.00. The van der Waals surface area contributed by atoms with Crippen LogP contribution in [0.4, 0.5) is 0 Å². The molecule has 0 aromatic carbocycles. The van der Waals surface area contributed by atoms with E-state index < -0.39 is 0 Å². The Bertz CT molecular complexity index is 224. The van der Waals surface area contributed by atoms with Gasteiger partial charge in [0.1, 0.15) is 0 Å². The van der Waals surface area contributed by atoms with Crippen molar-refractivity contribution in [2.24, 2.45) is 0 Å². The lowest BCUT2D eigenvalue weighted by atomic mass is 10.4. The minimum absolute atomic E-state index is 0.750. The molecular formula is C10H14N2O. The first kappa shape index (κ1) is 9.89. The standard InChI is InChI=1S/C7H7N.C3H7NO/c1-2-7-5-3-4-6-8-7;1-2-5-3-4-1/h2-6H,1H2;4H,1-3H2. The van der Waals surface area contributed by atoms with Crippen LogP contribution in [0.5, 0.6) is 0 Å². The van der Waals surface area contributed by atoms with Crippen molar-refractivity contribution in [2.75, 3.05) is 19.9 Å². The normalized spacial score (nSPS) is 14.5. The number of hydrogen-bond donors (Lipinski definition) is 1. The van der Waals surface area contributed by atoms with Gasteiger partial charge in [0.15, 0.2) is 0 Å². The Kier molecular flexibility index (Phi) is 4.83. The Labute approximate surface area is 78.4 Å². The summed E-state index contributed by atoms with van der Waals surface area (Å²) in [5.41, 5.74) is 0.924. The van der Waals surface area contributed by atoms with Gasteiger partial charge in [-0.1, -0.05) is 12.6 Å². The summed E-state index contributed by atoms with van der Waals surface area (Å²) in [6.45, 7) is 6.24. The molecule has 2 rings (SSSR count). The van der Waals surface area contributed by atoms with Crippen LogP contribution in [-0.4, -0.2) is 24.9 Å². The van der Waals surface area contributed by atoms with Gasteiger partial charge >= 0.3 is 0 Å². The van der Waals surface area contributed by atoms with Gasteiger partial charge in [-0.3, -0.25) is 10.3 Å². The van der Waals surface area contributed by atoms with E-state index in [1.807, 2.05) is 18.2 Å². The van der Waals surface area contributed by atoms with Crippen molar-refractivity contribution in [3.8, 4) is 0 Å². The van der Waals surface area contributed by atoms with E-state index in [0.29, 0.717) is 0 Å². The molecule has 1 N–H and O–H groups in total. The van der Waals surface area contributed by atoms with Crippen LogP contribution >= 0.6 is 0 Å². The minimum Gasteiger partial charge on any atom is -0.365 e. The van der Waals surface area contributed by atoms with Crippen LogP contribution in [0.3, 0.4) is 0 Å². The molecule has 1 aromatic heterocycles. The van der Waals surface area contributed by atoms with Crippen molar-refractivity contribution < 1.29 is 4.74 Å². The Morgan fingerprint density at radius 1 is 1.54 bits per heavy atom. The summed E-state index contributed by atoms with van der Waals surface area (Å²) >= 11 is 0. The van der Waals surface area contributed by atoms with Crippen LogP contribution in [0, 0.1) is 0 Å². The van der Waals surface area contributed by atoms with E-state index in [-0.39, 0.29) is 0 Å². The molecule has 0 aliphatic carbocycles. The quantitative estimate of drug-likeness (QED) is 0.703. The molecule has 0 unspecified atom stereocenters. The molecule has 0 saturated carbocycles. The highest BCUT2D eigenvalue weighted by Gasteiger charge is 1.92. The second kappa shape index (κ2) is 6.34. The highest BCUT2D eigenvalue weighted by molar-refractivity contribution is 5.40. The molecular weight excluding hydrogens is 164 g/mol. The van der Waals surface area contributed by atoms with E-state index in [9.17, 15) is 0 Å². The number of rotatable bonds is 1. The molecule has 2 heterocycles. The van der Waals surface area contributed by atoms with Crippen molar-refractivity contribution in [3.63, 3.8) is 0 Å². The highest BCUT2D eigenvalue weighted by atomic mass is 16.5. The maximum atomic E-state index is 4.83. The molecule has 1 aliphatic rings. The molecule has 1 aromatic rings. The molecule has 13 heavy (non-hydrogen) atoms. The van der Waals surface area contributed by atoms with E-state index in [2.05, 4.69) is 16.9 Å². The molecule has 0 amide bonds. The fraction of sp³-hybridized carbons (Fsp3) is 0.300. The maximum absolute atomic E-state index is 4.83. The average molecular weight is 178 g/mol. The molecule has 0 atom stereocenters. The van der Waals surface area contributed by atoms with Crippen LogP contribution in [0.25, 0.3) is 6.08 Å². The molecule has 3 heteroatoms. The zero-order valence-electron chi connectivity index (χ0n) is 7.57. The van der Waals surface area contributed by atoms with Crippen molar-refractivity contribution in [1.29, 1.82) is 0 Å². The number of pyridine rings is 1. The lowest BCUT2D eigenvalue weighted by molar-refractivity contribution is 0.194. The summed E-state index contributed by atoms with van der Waals surface area (Å²) < 4.78 is 4.83. The first-order valence-electron chi connectivity index (χ1n) is 4.25. The fourth-order valence-corrected chi connectivity index (χ4v) is 0.858. The lowest BCUT2D eigenvalue weighted by Crippen LogP contribution is -2.05. The summed E-state index contributed by atoms with van der Waals surface area (Å²) in [7, 11) is 0. The van der Waals surface area contributed by atoms with E-state index in [4.69, 9.17) is 4.74 Å². The van der Waals surface area contributed by atoms with Crippen LogP contribution < -0.4 is 5.32 Å². The van der Waals surface area contributed by atoms with E-state index in [0.717, 1.165) is 25.6 Å². The smallest absolute Gasteiger partial charge is 0.0966 e. The van der Waals surface area contributed by atoms with Crippen LogP contribution in [0.1, 0.15) is 5.69 Å². The van der Waals surface area contributed by atoms with Gasteiger partial charge in [0.05, 0.1) is 19.0 Å². The third kappa shape index (κ3) is 4.40. The van der Waals surface area contributed by atoms with Crippen molar-refractivity contribution in [2.45, 2.75) is 0 Å². The Morgan fingerprint density at radius 3 is 2.77 bits per heavy atom. The Balaban J connectivity index is 0.000000145. The number of nitrogens with zero attached hydrogens (tertiary/aromatic N) is 1. The first-order valence-corrected chi connectivity index (χ1v) is 4.25. The molecule has 3 nitrogen and oxygen atoms in total. The number of ether oxygens (including phenoxy) is 1. The average Bonchev–Trinajstić information content (AvgIpc) is 2.77. The summed E-state index contributed by atoms with van der Waals surface area (Å²) in [4.78, 5) is 3.98. The molecule has 70 valence electrons. The third-order valence-electron chi connectivity index (χ3n) is 1.52. The van der Waals surface area contributed by atoms with Crippen LogP contribution in [-0.2, 0) is 4.74 Å². The summed E-state index contributed by atoms with van der Waals surface area (Å²) in [6.07, 6.45) is 3.47. The van der Waals surface area contributed by atoms with Crippen LogP contribution in [0.2, 0.25) is 0 Å². The van der Waals surface area contributed by atoms with Gasteiger partial charge in [-0.15, -0.1) is 0 Å². The fourth-order valence-electron chi connectivity index (χ4n) is 0.858. The van der Waals surface area contributed by atoms with Gasteiger partial charge < -0.3 is 4.74 Å². The maximum Gasteiger partial charge on any atom is 0.0966 e. The molecule has 1 aliphatic heterocycles. The van der Waals surface area contributed by atoms with Gasteiger partial charge in [0, 0.05) is 12.7 Å². The first-order chi connectivity index (χ1) is 6.43. The van der Waals surface area contributed by atoms with Gasteiger partial charge in [-0.05, 0) is 18.2 Å². The summed E-state index contributed by atoms with van der Waals surface area (Å²) in [5.74, 6) is 0. The third-order valence-corrected chi connectivity index (χ3v) is 1.52. The predicted molar refractivity (Wildman–Crippen MR) is 53.1 cm³/mol. The zero-order valence-corrected chi connectivity index (χ0v) is 7.57. The van der Waals surface area contributed by atoms with E-state index in [1.54, 1.807) is 12.3 Å². The Morgan fingerprint density at radius 2 is 2.46 bits per heavy atom. The second-order valence-corrected chi connectivity index (χ2v) is 2.51. The van der Waals surface area contributed by atoms with Gasteiger partial charge in [-0.25, -0.2) is 0 Å². The molecule has 0 radical (unpaired) electrons. The van der Waals surface area contributed by atoms with E-state index in [1.165, 1.54) is 0 Å². The van der Waals surface area contributed by atoms with Gasteiger partial charge in [-0.2, -0.15) is 0 Å². The largest absolute Gasteiger partial charge is 0.365 e.